The molecule has 63 heavy (non-hydrogen) atoms. The van der Waals surface area contributed by atoms with E-state index >= 15 is 0 Å². The summed E-state index contributed by atoms with van der Waals surface area (Å²) in [5.74, 6) is 0. The quantitative estimate of drug-likeness (QED) is 0.166. The van der Waals surface area contributed by atoms with E-state index in [0.29, 0.717) is 0 Å². The van der Waals surface area contributed by atoms with Crippen LogP contribution >= 0.6 is 0 Å². The van der Waals surface area contributed by atoms with E-state index in [4.69, 9.17) is 8.83 Å². The fourth-order valence-electron chi connectivity index (χ4n) is 11.3. The summed E-state index contributed by atoms with van der Waals surface area (Å²) in [5.41, 5.74) is 14.3. The Balaban J connectivity index is 1.24. The number of fused-ring (bicyclic) bond motifs is 15. The summed E-state index contributed by atoms with van der Waals surface area (Å²) in [4.78, 5) is 0. The van der Waals surface area contributed by atoms with Gasteiger partial charge in [-0.05, 0) is 108 Å². The van der Waals surface area contributed by atoms with E-state index in [1.54, 1.807) is 0 Å². The summed E-state index contributed by atoms with van der Waals surface area (Å²) in [6.45, 7) is 0. The van der Waals surface area contributed by atoms with Crippen molar-refractivity contribution in [2.45, 2.75) is 5.41 Å². The average Bonchev–Trinajstić information content (AvgIpc) is 4.02. The minimum atomic E-state index is -0.750. The summed E-state index contributed by atoms with van der Waals surface area (Å²) in [6.07, 6.45) is 0. The summed E-state index contributed by atoms with van der Waals surface area (Å²) in [5, 5.41) is 11.7. The zero-order chi connectivity index (χ0) is 41.2. The van der Waals surface area contributed by atoms with Crippen molar-refractivity contribution < 1.29 is 8.83 Å². The summed E-state index contributed by atoms with van der Waals surface area (Å²) in [6, 6.07) is 79.8. The minimum Gasteiger partial charge on any atom is -0.455 e. The van der Waals surface area contributed by atoms with Gasteiger partial charge in [0.15, 0.2) is 0 Å². The standard InChI is InChI=1S/C61H36O2/c1-3-20-41(21-4-1)61(42-22-5-2-6-23-42)51-36-50(49-34-39-19-9-10-24-43(39)44-25-11-12-26-45(44)49)59-56(47-28-14-16-30-54(47)62-59)57(51)58-52(61)35-48(40-32-31-37-17-7-8-18-38(37)33-40)55-46-27-13-15-29-53(46)63-60(55)58/h1-36H. The van der Waals surface area contributed by atoms with Gasteiger partial charge in [0.2, 0.25) is 0 Å². The number of para-hydroxylation sites is 2. The highest BCUT2D eigenvalue weighted by Crippen LogP contribution is 2.63. The summed E-state index contributed by atoms with van der Waals surface area (Å²) in [7, 11) is 0. The van der Waals surface area contributed by atoms with Crippen molar-refractivity contribution in [2.24, 2.45) is 0 Å². The minimum absolute atomic E-state index is 0.750. The normalized spacial score (nSPS) is 13.2. The van der Waals surface area contributed by atoms with E-state index in [-0.39, 0.29) is 0 Å². The molecular formula is C61H36O2. The van der Waals surface area contributed by atoms with Crippen LogP contribution in [0.15, 0.2) is 227 Å². The maximum absolute atomic E-state index is 7.29. The predicted molar refractivity (Wildman–Crippen MR) is 262 cm³/mol. The highest BCUT2D eigenvalue weighted by atomic mass is 16.3. The molecule has 292 valence electrons. The molecule has 2 heterocycles. The van der Waals surface area contributed by atoms with Crippen LogP contribution in [0.5, 0.6) is 0 Å². The molecule has 2 heteroatoms. The van der Waals surface area contributed by atoms with Crippen molar-refractivity contribution in [3.63, 3.8) is 0 Å². The zero-order valence-electron chi connectivity index (χ0n) is 34.1. The Bertz CT molecular complexity index is 3980. The van der Waals surface area contributed by atoms with Crippen molar-refractivity contribution in [1.82, 2.24) is 0 Å². The summed E-state index contributed by atoms with van der Waals surface area (Å²) < 4.78 is 14.5. The molecule has 0 radical (unpaired) electrons. The maximum atomic E-state index is 7.29. The van der Waals surface area contributed by atoms with Crippen LogP contribution in [0.1, 0.15) is 22.3 Å². The van der Waals surface area contributed by atoms with Gasteiger partial charge < -0.3 is 8.83 Å². The molecule has 0 amide bonds. The molecular weight excluding hydrogens is 765 g/mol. The Kier molecular flexibility index (Phi) is 7.07. The molecule has 0 fully saturated rings. The third kappa shape index (κ3) is 4.67. The largest absolute Gasteiger partial charge is 0.455 e. The van der Waals surface area contributed by atoms with Crippen LogP contribution in [0.3, 0.4) is 0 Å². The van der Waals surface area contributed by atoms with Gasteiger partial charge in [0.05, 0.1) is 5.41 Å². The lowest BCUT2D eigenvalue weighted by Gasteiger charge is -2.34. The van der Waals surface area contributed by atoms with Gasteiger partial charge in [-0.15, -0.1) is 0 Å². The van der Waals surface area contributed by atoms with Gasteiger partial charge in [-0.25, -0.2) is 0 Å². The Morgan fingerprint density at radius 1 is 0.302 bits per heavy atom. The first-order valence-electron chi connectivity index (χ1n) is 21.7. The van der Waals surface area contributed by atoms with E-state index in [1.807, 2.05) is 0 Å². The highest BCUT2D eigenvalue weighted by molar-refractivity contribution is 6.26. The second-order valence-corrected chi connectivity index (χ2v) is 17.0. The maximum Gasteiger partial charge on any atom is 0.144 e. The van der Waals surface area contributed by atoms with Crippen molar-refractivity contribution >= 4 is 76.2 Å². The van der Waals surface area contributed by atoms with Crippen molar-refractivity contribution in [2.75, 3.05) is 0 Å². The second-order valence-electron chi connectivity index (χ2n) is 17.0. The molecule has 14 rings (SSSR count). The molecule has 0 spiro atoms. The molecule has 0 unspecified atom stereocenters. The molecule has 11 aromatic carbocycles. The number of hydrogen-bond acceptors (Lipinski definition) is 2. The van der Waals surface area contributed by atoms with Crippen molar-refractivity contribution in [3.8, 4) is 33.4 Å². The van der Waals surface area contributed by atoms with Crippen LogP contribution in [0.2, 0.25) is 0 Å². The third-order valence-corrected chi connectivity index (χ3v) is 13.9. The topological polar surface area (TPSA) is 26.3 Å². The van der Waals surface area contributed by atoms with Gasteiger partial charge in [-0.1, -0.05) is 182 Å². The average molecular weight is 801 g/mol. The van der Waals surface area contributed by atoms with Crippen LogP contribution in [-0.2, 0) is 5.41 Å². The van der Waals surface area contributed by atoms with E-state index in [2.05, 4.69) is 218 Å². The molecule has 1 aliphatic carbocycles. The van der Waals surface area contributed by atoms with E-state index in [9.17, 15) is 0 Å². The lowest BCUT2D eigenvalue weighted by atomic mass is 9.67. The number of rotatable bonds is 4. The SMILES string of the molecule is c1ccc(C2(c3ccccc3)c3cc(-c4ccc5ccccc5c4)c4c(oc5ccccc54)c3-c3c2cc(-c2cc4ccccc4c4ccccc24)c2oc4ccccc4c32)cc1. The molecule has 2 aromatic heterocycles. The first kappa shape index (κ1) is 34.5. The van der Waals surface area contributed by atoms with Crippen LogP contribution in [0.4, 0.5) is 0 Å². The van der Waals surface area contributed by atoms with Gasteiger partial charge in [0, 0.05) is 38.2 Å². The third-order valence-electron chi connectivity index (χ3n) is 13.9. The monoisotopic (exact) mass is 800 g/mol. The highest BCUT2D eigenvalue weighted by Gasteiger charge is 2.50. The van der Waals surface area contributed by atoms with Gasteiger partial charge >= 0.3 is 0 Å². The molecule has 1 aliphatic rings. The fraction of sp³-hybridized carbons (Fsp3) is 0.0164. The first-order valence-corrected chi connectivity index (χ1v) is 21.7. The van der Waals surface area contributed by atoms with Crippen LogP contribution in [0.25, 0.3) is 110 Å². The van der Waals surface area contributed by atoms with Crippen LogP contribution in [-0.4, -0.2) is 0 Å². The van der Waals surface area contributed by atoms with E-state index in [0.717, 1.165) is 77.3 Å². The van der Waals surface area contributed by atoms with E-state index in [1.165, 1.54) is 54.6 Å². The van der Waals surface area contributed by atoms with Crippen LogP contribution < -0.4 is 0 Å². The Hall–Kier alpha value is -8.20. The smallest absolute Gasteiger partial charge is 0.144 e. The molecule has 0 N–H and O–H groups in total. The Labute approximate surface area is 362 Å². The zero-order valence-corrected chi connectivity index (χ0v) is 34.1. The molecule has 0 saturated carbocycles. The number of furan rings is 2. The van der Waals surface area contributed by atoms with Gasteiger partial charge in [-0.3, -0.25) is 0 Å². The number of hydrogen-bond donors (Lipinski definition) is 0. The lowest BCUT2D eigenvalue weighted by molar-refractivity contribution is 0.669. The molecule has 2 nitrogen and oxygen atoms in total. The lowest BCUT2D eigenvalue weighted by Crippen LogP contribution is -2.28. The van der Waals surface area contributed by atoms with E-state index < -0.39 is 5.41 Å². The number of benzene rings is 11. The van der Waals surface area contributed by atoms with Crippen molar-refractivity contribution in [3.05, 3.63) is 241 Å². The van der Waals surface area contributed by atoms with Crippen LogP contribution in [0, 0.1) is 0 Å². The fourth-order valence-corrected chi connectivity index (χ4v) is 11.3. The summed E-state index contributed by atoms with van der Waals surface area (Å²) >= 11 is 0. The molecule has 0 atom stereocenters. The first-order chi connectivity index (χ1) is 31.3. The van der Waals surface area contributed by atoms with Gasteiger partial charge in [-0.2, -0.15) is 0 Å². The predicted octanol–water partition coefficient (Wildman–Crippen LogP) is 16.6. The molecule has 13 aromatic rings. The van der Waals surface area contributed by atoms with Crippen molar-refractivity contribution in [1.29, 1.82) is 0 Å². The molecule has 0 bridgehead atoms. The molecule has 0 saturated heterocycles. The van der Waals surface area contributed by atoms with Gasteiger partial charge in [0.25, 0.3) is 0 Å². The second kappa shape index (κ2) is 12.9. The Morgan fingerprint density at radius 2 is 0.825 bits per heavy atom. The Morgan fingerprint density at radius 3 is 1.54 bits per heavy atom. The molecule has 0 aliphatic heterocycles. The van der Waals surface area contributed by atoms with Gasteiger partial charge in [0.1, 0.15) is 22.3 Å².